The number of aryl methyl sites for hydroxylation is 2. The number of piperidine rings is 1. The molecule has 1 aliphatic heterocycles. The largest absolute Gasteiger partial charge is 0.349 e. The molecule has 6 nitrogen and oxygen atoms in total. The molecule has 7 heteroatoms. The van der Waals surface area contributed by atoms with Gasteiger partial charge in [0.1, 0.15) is 0 Å². The van der Waals surface area contributed by atoms with Gasteiger partial charge in [0, 0.05) is 36.4 Å². The van der Waals surface area contributed by atoms with Gasteiger partial charge in [-0.2, -0.15) is 0 Å². The molecule has 0 radical (unpaired) electrons. The molecular weight excluding hydrogens is 398 g/mol. The van der Waals surface area contributed by atoms with Crippen molar-refractivity contribution < 1.29 is 13.2 Å². The van der Waals surface area contributed by atoms with Crippen LogP contribution in [0, 0.1) is 13.8 Å². The summed E-state index contributed by atoms with van der Waals surface area (Å²) >= 11 is 0. The van der Waals surface area contributed by atoms with Crippen LogP contribution in [0.1, 0.15) is 47.2 Å². The van der Waals surface area contributed by atoms with Gasteiger partial charge >= 0.3 is 0 Å². The van der Waals surface area contributed by atoms with E-state index >= 15 is 0 Å². The lowest BCUT2D eigenvalue weighted by Gasteiger charge is -2.32. The van der Waals surface area contributed by atoms with E-state index in [2.05, 4.69) is 14.9 Å². The molecule has 2 aromatic carbocycles. The minimum absolute atomic E-state index is 0.124. The molecule has 4 rings (SSSR count). The number of benzene rings is 2. The van der Waals surface area contributed by atoms with E-state index in [4.69, 9.17) is 0 Å². The second kappa shape index (κ2) is 8.40. The Bertz CT molecular complexity index is 1020. The Morgan fingerprint density at radius 1 is 0.967 bits per heavy atom. The van der Waals surface area contributed by atoms with E-state index in [-0.39, 0.29) is 16.8 Å². The first-order chi connectivity index (χ1) is 14.3. The van der Waals surface area contributed by atoms with Gasteiger partial charge in [-0.1, -0.05) is 23.8 Å². The maximum absolute atomic E-state index is 12.9. The molecule has 2 aliphatic rings. The smallest absolute Gasteiger partial charge is 0.262 e. The van der Waals surface area contributed by atoms with E-state index in [1.165, 1.54) is 18.9 Å². The lowest BCUT2D eigenvalue weighted by Crippen LogP contribution is -2.45. The van der Waals surface area contributed by atoms with Gasteiger partial charge in [0.2, 0.25) is 0 Å². The number of carbonyl (C=O) groups is 1. The van der Waals surface area contributed by atoms with Crippen LogP contribution in [-0.4, -0.2) is 44.4 Å². The summed E-state index contributed by atoms with van der Waals surface area (Å²) in [5.74, 6) is -0.216. The predicted octanol–water partition coefficient (Wildman–Crippen LogP) is 3.46. The van der Waals surface area contributed by atoms with Gasteiger partial charge in [0.05, 0.1) is 4.90 Å². The molecule has 1 saturated heterocycles. The van der Waals surface area contributed by atoms with Crippen molar-refractivity contribution in [2.75, 3.05) is 17.8 Å². The fraction of sp³-hybridized carbons (Fsp3) is 0.435. The Kier molecular flexibility index (Phi) is 5.84. The maximum atomic E-state index is 12.9. The molecule has 2 N–H and O–H groups in total. The molecule has 1 heterocycles. The number of anilines is 1. The second-order valence-corrected chi connectivity index (χ2v) is 10.1. The molecule has 1 saturated carbocycles. The first kappa shape index (κ1) is 20.9. The Balaban J connectivity index is 1.45. The Morgan fingerprint density at radius 2 is 1.63 bits per heavy atom. The Hall–Kier alpha value is -2.38. The van der Waals surface area contributed by atoms with Gasteiger partial charge < -0.3 is 10.2 Å². The molecule has 0 atom stereocenters. The molecule has 30 heavy (non-hydrogen) atoms. The summed E-state index contributed by atoms with van der Waals surface area (Å²) < 4.78 is 28.5. The van der Waals surface area contributed by atoms with Crippen molar-refractivity contribution >= 4 is 21.6 Å². The highest BCUT2D eigenvalue weighted by Crippen LogP contribution is 2.29. The first-order valence-corrected chi connectivity index (χ1v) is 12.1. The molecule has 0 aromatic heterocycles. The molecule has 2 fully saturated rings. The van der Waals surface area contributed by atoms with Gasteiger partial charge in [-0.25, -0.2) is 8.42 Å². The first-order valence-electron chi connectivity index (χ1n) is 10.6. The molecule has 0 bridgehead atoms. The number of nitrogens with zero attached hydrogens (tertiary/aromatic N) is 1. The number of rotatable bonds is 6. The van der Waals surface area contributed by atoms with E-state index in [0.29, 0.717) is 16.8 Å². The normalized spacial score (nSPS) is 18.2. The van der Waals surface area contributed by atoms with Crippen molar-refractivity contribution in [1.29, 1.82) is 0 Å². The third-order valence-electron chi connectivity index (χ3n) is 5.97. The number of hydrogen-bond acceptors (Lipinski definition) is 4. The van der Waals surface area contributed by atoms with Gasteiger partial charge in [0.15, 0.2) is 0 Å². The van der Waals surface area contributed by atoms with E-state index in [0.717, 1.165) is 37.5 Å². The second-order valence-electron chi connectivity index (χ2n) is 8.47. The van der Waals surface area contributed by atoms with Crippen molar-refractivity contribution in [1.82, 2.24) is 10.2 Å². The van der Waals surface area contributed by atoms with Crippen molar-refractivity contribution in [2.45, 2.75) is 56.5 Å². The molecule has 0 spiro atoms. The number of hydrogen-bond donors (Lipinski definition) is 2. The Morgan fingerprint density at radius 3 is 2.27 bits per heavy atom. The minimum atomic E-state index is -3.79. The average molecular weight is 428 g/mol. The molecule has 160 valence electrons. The van der Waals surface area contributed by atoms with E-state index in [1.54, 1.807) is 31.2 Å². The number of sulfonamides is 1. The van der Waals surface area contributed by atoms with Crippen LogP contribution in [0.5, 0.6) is 0 Å². The van der Waals surface area contributed by atoms with E-state index in [1.807, 2.05) is 19.1 Å². The zero-order chi connectivity index (χ0) is 21.3. The number of likely N-dealkylation sites (tertiary alicyclic amines) is 1. The number of amides is 1. The lowest BCUT2D eigenvalue weighted by molar-refractivity contribution is 0.0909. The van der Waals surface area contributed by atoms with Crippen LogP contribution in [0.15, 0.2) is 47.4 Å². The third kappa shape index (κ3) is 4.84. The van der Waals surface area contributed by atoms with Crippen LogP contribution in [0.4, 0.5) is 5.69 Å². The van der Waals surface area contributed by atoms with Crippen LogP contribution in [0.3, 0.4) is 0 Å². The van der Waals surface area contributed by atoms with Crippen LogP contribution < -0.4 is 10.0 Å². The highest BCUT2D eigenvalue weighted by Gasteiger charge is 2.32. The standard InChI is InChI=1S/C23H29N3O3S/c1-16-3-7-20(8-4-16)25-30(28,29)22-15-18(6-5-17(22)2)23(27)24-19-11-13-26(14-12-19)21-9-10-21/h3-8,15,19,21,25H,9-14H2,1-2H3,(H,24,27). The fourth-order valence-electron chi connectivity index (χ4n) is 3.98. The van der Waals surface area contributed by atoms with Crippen LogP contribution in [-0.2, 0) is 10.0 Å². The minimum Gasteiger partial charge on any atom is -0.349 e. The predicted molar refractivity (Wildman–Crippen MR) is 118 cm³/mol. The summed E-state index contributed by atoms with van der Waals surface area (Å²) in [5, 5.41) is 3.09. The number of nitrogens with one attached hydrogen (secondary N) is 2. The van der Waals surface area contributed by atoms with E-state index in [9.17, 15) is 13.2 Å². The third-order valence-corrected chi connectivity index (χ3v) is 7.49. The summed E-state index contributed by atoms with van der Waals surface area (Å²) in [4.78, 5) is 15.4. The molecule has 2 aromatic rings. The monoisotopic (exact) mass is 427 g/mol. The SMILES string of the molecule is Cc1ccc(NS(=O)(=O)c2cc(C(=O)NC3CCN(C4CC4)CC3)ccc2C)cc1. The highest BCUT2D eigenvalue weighted by atomic mass is 32.2. The average Bonchev–Trinajstić information content (AvgIpc) is 3.56. The zero-order valence-corrected chi connectivity index (χ0v) is 18.3. The maximum Gasteiger partial charge on any atom is 0.262 e. The van der Waals surface area contributed by atoms with Gasteiger partial charge in [-0.05, 0) is 69.4 Å². The molecular formula is C23H29N3O3S. The Labute approximate surface area is 178 Å². The summed E-state index contributed by atoms with van der Waals surface area (Å²) in [6, 6.07) is 12.9. The molecule has 1 aliphatic carbocycles. The summed E-state index contributed by atoms with van der Waals surface area (Å²) in [6.07, 6.45) is 4.48. The summed E-state index contributed by atoms with van der Waals surface area (Å²) in [5.41, 5.74) is 2.52. The van der Waals surface area contributed by atoms with Crippen LogP contribution in [0.2, 0.25) is 0 Å². The summed E-state index contributed by atoms with van der Waals surface area (Å²) in [6.45, 7) is 5.71. The lowest BCUT2D eigenvalue weighted by atomic mass is 10.0. The van der Waals surface area contributed by atoms with Gasteiger partial charge in [0.25, 0.3) is 15.9 Å². The quantitative estimate of drug-likeness (QED) is 0.740. The van der Waals surface area contributed by atoms with Crippen molar-refractivity contribution in [3.63, 3.8) is 0 Å². The van der Waals surface area contributed by atoms with Crippen molar-refractivity contribution in [2.24, 2.45) is 0 Å². The van der Waals surface area contributed by atoms with E-state index < -0.39 is 10.0 Å². The van der Waals surface area contributed by atoms with Crippen molar-refractivity contribution in [3.05, 3.63) is 59.2 Å². The van der Waals surface area contributed by atoms with Crippen LogP contribution in [0.25, 0.3) is 0 Å². The van der Waals surface area contributed by atoms with Crippen LogP contribution >= 0.6 is 0 Å². The highest BCUT2D eigenvalue weighted by molar-refractivity contribution is 7.92. The van der Waals surface area contributed by atoms with Crippen molar-refractivity contribution in [3.8, 4) is 0 Å². The molecule has 1 amide bonds. The van der Waals surface area contributed by atoms with Gasteiger partial charge in [-0.15, -0.1) is 0 Å². The zero-order valence-electron chi connectivity index (χ0n) is 17.5. The number of carbonyl (C=O) groups excluding carboxylic acids is 1. The fourth-order valence-corrected chi connectivity index (χ4v) is 5.31. The summed E-state index contributed by atoms with van der Waals surface area (Å²) in [7, 11) is -3.79. The van der Waals surface area contributed by atoms with Gasteiger partial charge in [-0.3, -0.25) is 9.52 Å². The topological polar surface area (TPSA) is 78.5 Å². The molecule has 0 unspecified atom stereocenters.